The van der Waals surface area contributed by atoms with Crippen molar-refractivity contribution in [1.29, 1.82) is 0 Å². The van der Waals surface area contributed by atoms with Gasteiger partial charge in [0.05, 0.1) is 30.3 Å². The maximum atomic E-state index is 14.2. The number of halogens is 2. The van der Waals surface area contributed by atoms with Crippen LogP contribution in [0.4, 0.5) is 8.78 Å². The third kappa shape index (κ3) is 10.5. The molecule has 0 amide bonds. The molecule has 0 saturated heterocycles. The summed E-state index contributed by atoms with van der Waals surface area (Å²) in [4.78, 5) is 5.50. The van der Waals surface area contributed by atoms with E-state index in [1.807, 2.05) is 20.1 Å². The number of aliphatic imine (C=N–C) groups is 1. The van der Waals surface area contributed by atoms with E-state index in [0.29, 0.717) is 35.0 Å². The molecule has 6 nitrogen and oxygen atoms in total. The van der Waals surface area contributed by atoms with Crippen LogP contribution in [-0.4, -0.2) is 49.8 Å². The molecule has 190 valence electrons. The molecule has 34 heavy (non-hydrogen) atoms. The third-order valence-electron chi connectivity index (χ3n) is 4.92. The molecule has 0 aromatic rings. The molecule has 6 N–H and O–H groups in total. The van der Waals surface area contributed by atoms with Crippen molar-refractivity contribution in [3.05, 3.63) is 83.1 Å². The van der Waals surface area contributed by atoms with Crippen LogP contribution in [0.15, 0.2) is 88.1 Å². The van der Waals surface area contributed by atoms with Gasteiger partial charge >= 0.3 is 0 Å². The van der Waals surface area contributed by atoms with Crippen LogP contribution in [0.5, 0.6) is 0 Å². The summed E-state index contributed by atoms with van der Waals surface area (Å²) in [5, 5.41) is 4.91. The minimum absolute atomic E-state index is 0.139. The highest BCUT2D eigenvalue weighted by Gasteiger charge is 2.16. The normalized spacial score (nSPS) is 14.9. The van der Waals surface area contributed by atoms with E-state index in [1.54, 1.807) is 25.1 Å². The fraction of sp³-hybridized carbons (Fsp3) is 0.400. The summed E-state index contributed by atoms with van der Waals surface area (Å²) in [5.41, 5.74) is 18.6. The number of alkyl halides is 1. The van der Waals surface area contributed by atoms with Gasteiger partial charge < -0.3 is 16.8 Å². The van der Waals surface area contributed by atoms with Gasteiger partial charge in [-0.3, -0.25) is 10.0 Å². The lowest BCUT2D eigenvalue weighted by Crippen LogP contribution is -2.41. The number of hydrogen-bond donors (Lipinski definition) is 4. The molecule has 0 heterocycles. The van der Waals surface area contributed by atoms with E-state index in [9.17, 15) is 8.78 Å². The number of hydrogen-bond acceptors (Lipinski definition) is 7. The number of nitrogens with two attached hydrogens (primary N) is 2. The molecular formula is C25H40F2N6S. The molecule has 0 aliphatic rings. The Bertz CT molecular complexity index is 871. The molecule has 1 atom stereocenters. The molecular weight excluding hydrogens is 454 g/mol. The van der Waals surface area contributed by atoms with Gasteiger partial charge in [-0.15, -0.1) is 11.8 Å². The lowest BCUT2D eigenvalue weighted by Gasteiger charge is -2.28. The van der Waals surface area contributed by atoms with Gasteiger partial charge in [0, 0.05) is 24.2 Å². The van der Waals surface area contributed by atoms with E-state index in [0.717, 1.165) is 16.6 Å². The van der Waals surface area contributed by atoms with E-state index < -0.39 is 12.0 Å². The minimum atomic E-state index is -1.57. The van der Waals surface area contributed by atoms with Gasteiger partial charge in [0.1, 0.15) is 12.0 Å². The zero-order chi connectivity index (χ0) is 26.3. The van der Waals surface area contributed by atoms with Gasteiger partial charge in [0.2, 0.25) is 0 Å². The predicted octanol–water partition coefficient (Wildman–Crippen LogP) is 4.61. The van der Waals surface area contributed by atoms with Crippen LogP contribution >= 0.6 is 11.8 Å². The number of rotatable bonds is 16. The van der Waals surface area contributed by atoms with E-state index in [4.69, 9.17) is 16.5 Å². The first kappa shape index (κ1) is 31.4. The molecule has 0 radical (unpaired) electrons. The number of nitrogens with one attached hydrogen (secondary N) is 2. The molecule has 0 aliphatic carbocycles. The summed E-state index contributed by atoms with van der Waals surface area (Å²) in [7, 11) is 1.74. The molecule has 0 bridgehead atoms. The smallest absolute Gasteiger partial charge is 0.140 e. The summed E-state index contributed by atoms with van der Waals surface area (Å²) in [6, 6.07) is 0. The Morgan fingerprint density at radius 2 is 1.94 bits per heavy atom. The summed E-state index contributed by atoms with van der Waals surface area (Å²) in [5.74, 6) is -0.0281. The Kier molecular flexibility index (Phi) is 15.6. The monoisotopic (exact) mass is 494 g/mol. The fourth-order valence-corrected chi connectivity index (χ4v) is 3.08. The van der Waals surface area contributed by atoms with Crippen LogP contribution in [0, 0.1) is 0 Å². The molecule has 0 aliphatic heterocycles. The summed E-state index contributed by atoms with van der Waals surface area (Å²) in [6.45, 7) is 17.7. The van der Waals surface area contributed by atoms with Crippen molar-refractivity contribution in [2.75, 3.05) is 32.9 Å². The standard InChI is InChI=1S/C25H40F2N6S/c1-9-20(12-22(27)13-21(26)10-2)15-32-23(16-31-18(5)19(6)34-8)17(4)24(14-28)33(30-7)25(29)11-3/h9,11-13,22,30-31H,1,5-6,10,14-16,28-29H2,2-4,7-8H3/b20-12+,21-13+,24-17+,25-11+,32-23?. The second kappa shape index (κ2) is 16.9. The average Bonchev–Trinajstić information content (AvgIpc) is 2.84. The van der Waals surface area contributed by atoms with Gasteiger partial charge in [-0.25, -0.2) is 14.2 Å². The maximum Gasteiger partial charge on any atom is 0.140 e. The highest BCUT2D eigenvalue weighted by atomic mass is 32.2. The quantitative estimate of drug-likeness (QED) is 0.142. The summed E-state index contributed by atoms with van der Waals surface area (Å²) < 4.78 is 27.6. The molecule has 0 rings (SSSR count). The molecule has 9 heteroatoms. The number of allylic oxidation sites excluding steroid dienone is 4. The fourth-order valence-electron chi connectivity index (χ4n) is 2.76. The zero-order valence-electron chi connectivity index (χ0n) is 21.0. The molecule has 0 aromatic heterocycles. The zero-order valence-corrected chi connectivity index (χ0v) is 21.9. The summed E-state index contributed by atoms with van der Waals surface area (Å²) >= 11 is 1.48. The Hall–Kier alpha value is -2.62. The van der Waals surface area contributed by atoms with E-state index in [1.165, 1.54) is 23.9 Å². The van der Waals surface area contributed by atoms with E-state index >= 15 is 0 Å². The number of hydrazine groups is 1. The lowest BCUT2D eigenvalue weighted by molar-refractivity contribution is 0.331. The van der Waals surface area contributed by atoms with Crippen LogP contribution in [0.1, 0.15) is 27.2 Å². The second-order valence-electron chi connectivity index (χ2n) is 7.13. The Balaban J connectivity index is 6.29. The SMILES string of the molecule is C=C/C(=C\C(F)/C=C(/F)CC)CN=C(CNC(=C)C(=C)SC)/C(C)=C(\CN)N(NC)/C(N)=C/C. The van der Waals surface area contributed by atoms with Crippen molar-refractivity contribution < 1.29 is 8.78 Å². The van der Waals surface area contributed by atoms with Crippen molar-refractivity contribution in [2.45, 2.75) is 33.4 Å². The van der Waals surface area contributed by atoms with E-state index in [2.05, 4.69) is 30.5 Å². The first-order valence-electron chi connectivity index (χ1n) is 10.9. The van der Waals surface area contributed by atoms with Crippen LogP contribution in [-0.2, 0) is 0 Å². The van der Waals surface area contributed by atoms with Crippen molar-refractivity contribution in [2.24, 2.45) is 16.5 Å². The van der Waals surface area contributed by atoms with Crippen molar-refractivity contribution >= 4 is 17.5 Å². The van der Waals surface area contributed by atoms with Crippen molar-refractivity contribution in [3.63, 3.8) is 0 Å². The van der Waals surface area contributed by atoms with Crippen molar-refractivity contribution in [3.8, 4) is 0 Å². The first-order valence-corrected chi connectivity index (χ1v) is 12.1. The highest BCUT2D eigenvalue weighted by molar-refractivity contribution is 8.02. The summed E-state index contributed by atoms with van der Waals surface area (Å²) in [6.07, 6.45) is 5.98. The predicted molar refractivity (Wildman–Crippen MR) is 145 cm³/mol. The largest absolute Gasteiger partial charge is 0.384 e. The van der Waals surface area contributed by atoms with E-state index in [-0.39, 0.29) is 19.5 Å². The van der Waals surface area contributed by atoms with Gasteiger partial charge in [0.25, 0.3) is 0 Å². The maximum absolute atomic E-state index is 14.2. The Morgan fingerprint density at radius 1 is 1.29 bits per heavy atom. The third-order valence-corrected chi connectivity index (χ3v) is 5.66. The van der Waals surface area contributed by atoms with Crippen LogP contribution in [0.2, 0.25) is 0 Å². The second-order valence-corrected chi connectivity index (χ2v) is 8.03. The van der Waals surface area contributed by atoms with Gasteiger partial charge in [-0.05, 0) is 55.9 Å². The average molecular weight is 495 g/mol. The number of thioether (sulfide) groups is 1. The Labute approximate surface area is 208 Å². The van der Waals surface area contributed by atoms with Gasteiger partial charge in [-0.1, -0.05) is 32.7 Å². The first-order chi connectivity index (χ1) is 16.1. The van der Waals surface area contributed by atoms with Gasteiger partial charge in [0.15, 0.2) is 0 Å². The topological polar surface area (TPSA) is 91.7 Å². The van der Waals surface area contributed by atoms with Gasteiger partial charge in [-0.2, -0.15) is 0 Å². The van der Waals surface area contributed by atoms with Crippen molar-refractivity contribution in [1.82, 2.24) is 15.8 Å². The van der Waals surface area contributed by atoms with Crippen LogP contribution in [0.3, 0.4) is 0 Å². The minimum Gasteiger partial charge on any atom is -0.384 e. The highest BCUT2D eigenvalue weighted by Crippen LogP contribution is 2.17. The van der Waals surface area contributed by atoms with Crippen LogP contribution in [0.25, 0.3) is 0 Å². The lowest BCUT2D eigenvalue weighted by atomic mass is 10.1. The molecule has 0 fully saturated rings. The molecule has 0 spiro atoms. The number of nitrogens with zero attached hydrogens (tertiary/aromatic N) is 2. The van der Waals surface area contributed by atoms with Crippen LogP contribution < -0.4 is 22.2 Å². The molecule has 0 saturated carbocycles. The molecule has 1 unspecified atom stereocenters. The Morgan fingerprint density at radius 3 is 2.41 bits per heavy atom. The molecule has 0 aromatic carbocycles.